The Kier molecular flexibility index (Phi) is 4.58. The van der Waals surface area contributed by atoms with Crippen molar-refractivity contribution in [2.24, 2.45) is 0 Å². The summed E-state index contributed by atoms with van der Waals surface area (Å²) in [6.07, 6.45) is 6.27. The molecule has 0 aliphatic heterocycles. The smallest absolute Gasteiger partial charge is 0.0607 e. The zero-order chi connectivity index (χ0) is 8.81. The SMILES string of the molecule is OCC(CO)NC1CCCCC1. The van der Waals surface area contributed by atoms with Gasteiger partial charge in [0.05, 0.1) is 19.3 Å². The molecule has 0 unspecified atom stereocenters. The van der Waals surface area contributed by atoms with E-state index in [0.29, 0.717) is 6.04 Å². The highest BCUT2D eigenvalue weighted by molar-refractivity contribution is 4.76. The molecule has 0 heterocycles. The third kappa shape index (κ3) is 3.09. The summed E-state index contributed by atoms with van der Waals surface area (Å²) in [6, 6.07) is 0.399. The van der Waals surface area contributed by atoms with Gasteiger partial charge in [-0.1, -0.05) is 19.3 Å². The maximum absolute atomic E-state index is 8.83. The second-order valence-electron chi connectivity index (χ2n) is 3.56. The minimum Gasteiger partial charge on any atom is -0.395 e. The molecule has 0 bridgehead atoms. The lowest BCUT2D eigenvalue weighted by molar-refractivity contribution is 0.155. The van der Waals surface area contributed by atoms with Gasteiger partial charge in [0.1, 0.15) is 0 Å². The van der Waals surface area contributed by atoms with E-state index in [1.807, 2.05) is 0 Å². The molecule has 0 aromatic heterocycles. The van der Waals surface area contributed by atoms with Crippen LogP contribution in [0.25, 0.3) is 0 Å². The molecule has 1 fully saturated rings. The highest BCUT2D eigenvalue weighted by Crippen LogP contribution is 2.17. The molecule has 0 atom stereocenters. The van der Waals surface area contributed by atoms with E-state index in [2.05, 4.69) is 5.32 Å². The summed E-state index contributed by atoms with van der Waals surface area (Å²) in [5.74, 6) is 0. The van der Waals surface area contributed by atoms with Crippen molar-refractivity contribution >= 4 is 0 Å². The van der Waals surface area contributed by atoms with Gasteiger partial charge in [-0.05, 0) is 12.8 Å². The lowest BCUT2D eigenvalue weighted by Gasteiger charge is -2.26. The minimum atomic E-state index is -0.118. The standard InChI is InChI=1S/C9H19NO2/c11-6-9(7-12)10-8-4-2-1-3-5-8/h8-12H,1-7H2. The Labute approximate surface area is 73.8 Å². The first-order valence-electron chi connectivity index (χ1n) is 4.84. The molecule has 12 heavy (non-hydrogen) atoms. The molecule has 1 aliphatic carbocycles. The van der Waals surface area contributed by atoms with Crippen LogP contribution in [0.3, 0.4) is 0 Å². The normalized spacial score (nSPS) is 20.2. The summed E-state index contributed by atoms with van der Waals surface area (Å²) in [7, 11) is 0. The van der Waals surface area contributed by atoms with Crippen LogP contribution < -0.4 is 5.32 Å². The van der Waals surface area contributed by atoms with Crippen LogP contribution >= 0.6 is 0 Å². The molecule has 0 aromatic rings. The average Bonchev–Trinajstić information content (AvgIpc) is 2.16. The van der Waals surface area contributed by atoms with Crippen LogP contribution in [0.1, 0.15) is 32.1 Å². The highest BCUT2D eigenvalue weighted by atomic mass is 16.3. The third-order valence-electron chi connectivity index (χ3n) is 2.52. The van der Waals surface area contributed by atoms with Crippen molar-refractivity contribution in [1.82, 2.24) is 5.32 Å². The van der Waals surface area contributed by atoms with E-state index < -0.39 is 0 Å². The van der Waals surface area contributed by atoms with Gasteiger partial charge in [0.2, 0.25) is 0 Å². The largest absolute Gasteiger partial charge is 0.395 e. The molecule has 0 radical (unpaired) electrons. The van der Waals surface area contributed by atoms with Crippen LogP contribution in [0.5, 0.6) is 0 Å². The Balaban J connectivity index is 2.18. The van der Waals surface area contributed by atoms with Gasteiger partial charge in [0.25, 0.3) is 0 Å². The first-order valence-corrected chi connectivity index (χ1v) is 4.84. The van der Waals surface area contributed by atoms with Gasteiger partial charge in [0, 0.05) is 6.04 Å². The number of hydrogen-bond donors (Lipinski definition) is 3. The zero-order valence-electron chi connectivity index (χ0n) is 7.50. The Morgan fingerprint density at radius 3 is 2.17 bits per heavy atom. The predicted octanol–water partition coefficient (Wildman–Crippen LogP) is 0.262. The molecule has 0 amide bonds. The maximum atomic E-state index is 8.83. The Bertz CT molecular complexity index is 109. The molecule has 3 heteroatoms. The second kappa shape index (κ2) is 5.51. The second-order valence-corrected chi connectivity index (χ2v) is 3.56. The van der Waals surface area contributed by atoms with Gasteiger partial charge in [0.15, 0.2) is 0 Å². The van der Waals surface area contributed by atoms with Gasteiger partial charge >= 0.3 is 0 Å². The molecule has 1 aliphatic rings. The summed E-state index contributed by atoms with van der Waals surface area (Å²) in [6.45, 7) is 0.0694. The van der Waals surface area contributed by atoms with Crippen molar-refractivity contribution in [2.45, 2.75) is 44.2 Å². The van der Waals surface area contributed by atoms with E-state index >= 15 is 0 Å². The van der Waals surface area contributed by atoms with E-state index in [0.717, 1.165) is 0 Å². The van der Waals surface area contributed by atoms with Crippen molar-refractivity contribution < 1.29 is 10.2 Å². The molecule has 1 saturated carbocycles. The predicted molar refractivity (Wildman–Crippen MR) is 48.0 cm³/mol. The summed E-state index contributed by atoms with van der Waals surface area (Å²) >= 11 is 0. The summed E-state index contributed by atoms with van der Waals surface area (Å²) in [5.41, 5.74) is 0. The molecular weight excluding hydrogens is 154 g/mol. The summed E-state index contributed by atoms with van der Waals surface area (Å²) < 4.78 is 0. The molecule has 72 valence electrons. The van der Waals surface area contributed by atoms with Crippen LogP contribution in [-0.2, 0) is 0 Å². The van der Waals surface area contributed by atoms with Gasteiger partial charge in [-0.25, -0.2) is 0 Å². The summed E-state index contributed by atoms with van der Waals surface area (Å²) in [5, 5.41) is 20.9. The fourth-order valence-electron chi connectivity index (χ4n) is 1.77. The van der Waals surface area contributed by atoms with Gasteiger partial charge in [-0.3, -0.25) is 0 Å². The topological polar surface area (TPSA) is 52.5 Å². The van der Waals surface area contributed by atoms with Crippen LogP contribution in [0.4, 0.5) is 0 Å². The average molecular weight is 173 g/mol. The van der Waals surface area contributed by atoms with Crippen molar-refractivity contribution in [1.29, 1.82) is 0 Å². The lowest BCUT2D eigenvalue weighted by Crippen LogP contribution is -2.43. The molecule has 0 saturated heterocycles. The van der Waals surface area contributed by atoms with E-state index in [-0.39, 0.29) is 19.3 Å². The van der Waals surface area contributed by atoms with Gasteiger partial charge < -0.3 is 15.5 Å². The van der Waals surface area contributed by atoms with Crippen molar-refractivity contribution in [2.75, 3.05) is 13.2 Å². The quantitative estimate of drug-likeness (QED) is 0.571. The third-order valence-corrected chi connectivity index (χ3v) is 2.52. The maximum Gasteiger partial charge on any atom is 0.0607 e. The fraction of sp³-hybridized carbons (Fsp3) is 1.00. The molecular formula is C9H19NO2. The molecule has 0 spiro atoms. The van der Waals surface area contributed by atoms with Crippen LogP contribution in [0.15, 0.2) is 0 Å². The number of nitrogens with one attached hydrogen (secondary N) is 1. The first-order chi connectivity index (χ1) is 5.86. The van der Waals surface area contributed by atoms with Crippen molar-refractivity contribution in [3.8, 4) is 0 Å². The molecule has 0 aromatic carbocycles. The molecule has 3 nitrogen and oxygen atoms in total. The number of aliphatic hydroxyl groups excluding tert-OH is 2. The highest BCUT2D eigenvalue weighted by Gasteiger charge is 2.16. The Morgan fingerprint density at radius 2 is 1.67 bits per heavy atom. The van der Waals surface area contributed by atoms with Crippen molar-refractivity contribution in [3.05, 3.63) is 0 Å². The van der Waals surface area contributed by atoms with E-state index in [1.54, 1.807) is 0 Å². The van der Waals surface area contributed by atoms with Gasteiger partial charge in [-0.2, -0.15) is 0 Å². The van der Waals surface area contributed by atoms with Gasteiger partial charge in [-0.15, -0.1) is 0 Å². The van der Waals surface area contributed by atoms with E-state index in [1.165, 1.54) is 32.1 Å². The van der Waals surface area contributed by atoms with Crippen molar-refractivity contribution in [3.63, 3.8) is 0 Å². The van der Waals surface area contributed by atoms with E-state index in [4.69, 9.17) is 10.2 Å². The van der Waals surface area contributed by atoms with E-state index in [9.17, 15) is 0 Å². The van der Waals surface area contributed by atoms with Crippen LogP contribution in [0, 0.1) is 0 Å². The number of rotatable bonds is 4. The van der Waals surface area contributed by atoms with Crippen LogP contribution in [0.2, 0.25) is 0 Å². The molecule has 1 rings (SSSR count). The minimum absolute atomic E-state index is 0.0347. The number of aliphatic hydroxyl groups is 2. The Hall–Kier alpha value is -0.120. The lowest BCUT2D eigenvalue weighted by atomic mass is 9.95. The number of hydrogen-bond acceptors (Lipinski definition) is 3. The molecule has 3 N–H and O–H groups in total. The summed E-state index contributed by atoms with van der Waals surface area (Å²) in [4.78, 5) is 0. The fourth-order valence-corrected chi connectivity index (χ4v) is 1.77. The van der Waals surface area contributed by atoms with Crippen LogP contribution in [-0.4, -0.2) is 35.5 Å². The Morgan fingerprint density at radius 1 is 1.08 bits per heavy atom. The monoisotopic (exact) mass is 173 g/mol. The zero-order valence-corrected chi connectivity index (χ0v) is 7.50. The first kappa shape index (κ1) is 9.96.